The van der Waals surface area contributed by atoms with E-state index in [2.05, 4.69) is 24.3 Å². The predicted octanol–water partition coefficient (Wildman–Crippen LogP) is 4.40. The summed E-state index contributed by atoms with van der Waals surface area (Å²) in [5.74, 6) is 5.61. The Bertz CT molecular complexity index is 1550. The van der Waals surface area contributed by atoms with Crippen LogP contribution in [-0.2, 0) is 29.3 Å². The molecule has 1 atom stereocenters. The van der Waals surface area contributed by atoms with Crippen molar-refractivity contribution in [3.8, 4) is 5.88 Å². The van der Waals surface area contributed by atoms with E-state index < -0.39 is 11.8 Å². The van der Waals surface area contributed by atoms with Crippen molar-refractivity contribution in [2.24, 2.45) is 5.90 Å². The Kier molecular flexibility index (Phi) is 8.11. The van der Waals surface area contributed by atoms with Crippen molar-refractivity contribution in [2.75, 3.05) is 19.7 Å². The van der Waals surface area contributed by atoms with Gasteiger partial charge in [-0.1, -0.05) is 17.7 Å². The van der Waals surface area contributed by atoms with Gasteiger partial charge in [0.15, 0.2) is 0 Å². The molecule has 2 N–H and O–H groups in total. The summed E-state index contributed by atoms with van der Waals surface area (Å²) >= 11 is 5.87. The number of fused-ring (bicyclic) bond motifs is 1. The van der Waals surface area contributed by atoms with Crippen LogP contribution in [-0.4, -0.2) is 56.2 Å². The molecule has 0 aliphatic carbocycles. The van der Waals surface area contributed by atoms with Crippen LogP contribution >= 0.6 is 11.6 Å². The molecule has 10 nitrogen and oxygen atoms in total. The van der Waals surface area contributed by atoms with Gasteiger partial charge in [0.1, 0.15) is 23.9 Å². The highest BCUT2D eigenvalue weighted by molar-refractivity contribution is 6.30. The molecule has 0 spiro atoms. The van der Waals surface area contributed by atoms with Gasteiger partial charge in [0, 0.05) is 35.5 Å². The summed E-state index contributed by atoms with van der Waals surface area (Å²) in [5, 5.41) is 0.339. The fraction of sp³-hybridized carbons (Fsp3) is 0.379. The van der Waals surface area contributed by atoms with Gasteiger partial charge in [0.25, 0.3) is 0 Å². The molecule has 0 saturated carbocycles. The lowest BCUT2D eigenvalue weighted by molar-refractivity contribution is -0.0592. The molecule has 0 bridgehead atoms. The SMILES string of the molecule is NOC(=O)c1ccc2nc(CN3CCC(c4nccnc4OCc4ccc(Cl)cc4F)CC3)n(CC3CCO3)c2c1. The van der Waals surface area contributed by atoms with Crippen molar-refractivity contribution in [1.29, 1.82) is 0 Å². The maximum Gasteiger partial charge on any atom is 0.356 e. The third-order valence-electron chi connectivity index (χ3n) is 7.76. The first kappa shape index (κ1) is 27.5. The smallest absolute Gasteiger partial charge is 0.356 e. The van der Waals surface area contributed by atoms with Crippen LogP contribution in [0.5, 0.6) is 5.88 Å². The average molecular weight is 581 g/mol. The number of carbonyl (C=O) groups is 1. The van der Waals surface area contributed by atoms with E-state index >= 15 is 0 Å². The number of nitrogens with zero attached hydrogens (tertiary/aromatic N) is 5. The van der Waals surface area contributed by atoms with Crippen molar-refractivity contribution in [2.45, 2.75) is 51.0 Å². The van der Waals surface area contributed by atoms with E-state index in [0.29, 0.717) is 35.1 Å². The van der Waals surface area contributed by atoms with Crippen molar-refractivity contribution in [3.63, 3.8) is 0 Å². The fourth-order valence-electron chi connectivity index (χ4n) is 5.40. The Morgan fingerprint density at radius 3 is 2.66 bits per heavy atom. The molecular formula is C29H30ClFN6O4. The second-order valence-corrected chi connectivity index (χ2v) is 10.8. The molecule has 2 aromatic heterocycles. The molecule has 214 valence electrons. The number of nitrogens with two attached hydrogens (primary N) is 1. The molecule has 6 rings (SSSR count). The number of aromatic nitrogens is 4. The van der Waals surface area contributed by atoms with Crippen molar-refractivity contribution >= 4 is 28.6 Å². The Morgan fingerprint density at radius 1 is 1.12 bits per heavy atom. The zero-order valence-corrected chi connectivity index (χ0v) is 23.1. The maximum atomic E-state index is 14.2. The molecule has 0 amide bonds. The third-order valence-corrected chi connectivity index (χ3v) is 7.99. The molecule has 0 radical (unpaired) electrons. The summed E-state index contributed by atoms with van der Waals surface area (Å²) in [6, 6.07) is 9.79. The number of piperidine rings is 1. The third kappa shape index (κ3) is 6.03. The standard InChI is InChI=1S/C29H30ClFN6O4/c30-21-3-1-20(23(31)14-21)17-40-28-27(33-8-9-34-28)18-5-10-36(11-6-18)16-26-35-24-4-2-19(29(38)41-32)13-25(24)37(26)15-22-7-12-39-22/h1-4,8-9,13-14,18,22H,5-7,10-12,15-17,32H2. The fourth-order valence-corrected chi connectivity index (χ4v) is 5.56. The minimum atomic E-state index is -0.589. The van der Waals surface area contributed by atoms with E-state index in [9.17, 15) is 9.18 Å². The number of benzene rings is 2. The summed E-state index contributed by atoms with van der Waals surface area (Å²) < 4.78 is 28.0. The van der Waals surface area contributed by atoms with Gasteiger partial charge in [-0.15, -0.1) is 0 Å². The lowest BCUT2D eigenvalue weighted by Gasteiger charge is -2.32. The van der Waals surface area contributed by atoms with Crippen LogP contribution < -0.4 is 10.6 Å². The number of hydrogen-bond donors (Lipinski definition) is 1. The van der Waals surface area contributed by atoms with Crippen LogP contribution in [0.2, 0.25) is 5.02 Å². The molecule has 1 unspecified atom stereocenters. The second kappa shape index (κ2) is 12.1. The van der Waals surface area contributed by atoms with Gasteiger partial charge in [-0.2, -0.15) is 5.90 Å². The predicted molar refractivity (Wildman–Crippen MR) is 149 cm³/mol. The largest absolute Gasteiger partial charge is 0.471 e. The van der Waals surface area contributed by atoms with Crippen molar-refractivity contribution in [3.05, 3.63) is 82.3 Å². The number of likely N-dealkylation sites (tertiary alicyclic amines) is 1. The topological polar surface area (TPSA) is 118 Å². The maximum absolute atomic E-state index is 14.2. The minimum Gasteiger partial charge on any atom is -0.471 e. The molecule has 41 heavy (non-hydrogen) atoms. The number of carbonyl (C=O) groups excluding carboxylic acids is 1. The van der Waals surface area contributed by atoms with Gasteiger partial charge in [-0.25, -0.2) is 19.2 Å². The summed E-state index contributed by atoms with van der Waals surface area (Å²) in [6.07, 6.45) is 6.09. The van der Waals surface area contributed by atoms with E-state index in [-0.39, 0.29) is 18.6 Å². The summed E-state index contributed by atoms with van der Waals surface area (Å²) in [6.45, 7) is 3.79. The molecule has 2 fully saturated rings. The van der Waals surface area contributed by atoms with Crippen molar-refractivity contribution < 1.29 is 23.5 Å². The van der Waals surface area contributed by atoms with Crippen LogP contribution in [0.25, 0.3) is 11.0 Å². The van der Waals surface area contributed by atoms with Crippen LogP contribution in [0.1, 0.15) is 52.6 Å². The number of hydrogen-bond acceptors (Lipinski definition) is 9. The first-order valence-corrected chi connectivity index (χ1v) is 14.0. The van der Waals surface area contributed by atoms with Gasteiger partial charge >= 0.3 is 5.97 Å². The second-order valence-electron chi connectivity index (χ2n) is 10.4. The zero-order chi connectivity index (χ0) is 28.3. The number of imidazole rings is 1. The van der Waals surface area contributed by atoms with Gasteiger partial charge in [0.05, 0.1) is 35.8 Å². The summed E-state index contributed by atoms with van der Waals surface area (Å²) in [5.41, 5.74) is 3.23. The van der Waals surface area contributed by atoms with E-state index in [0.717, 1.165) is 61.5 Å². The molecule has 4 heterocycles. The minimum absolute atomic E-state index is 0.0409. The van der Waals surface area contributed by atoms with E-state index in [1.165, 1.54) is 6.07 Å². The van der Waals surface area contributed by atoms with E-state index in [4.69, 9.17) is 32.0 Å². The molecule has 4 aromatic rings. The van der Waals surface area contributed by atoms with Gasteiger partial charge in [-0.3, -0.25) is 9.88 Å². The average Bonchev–Trinajstić information content (AvgIpc) is 3.30. The lowest BCUT2D eigenvalue weighted by Crippen LogP contribution is -2.35. The van der Waals surface area contributed by atoms with Crippen LogP contribution in [0, 0.1) is 5.82 Å². The number of ether oxygens (including phenoxy) is 2. The highest BCUT2D eigenvalue weighted by Crippen LogP contribution is 2.33. The monoisotopic (exact) mass is 580 g/mol. The van der Waals surface area contributed by atoms with E-state index in [1.807, 2.05) is 6.07 Å². The van der Waals surface area contributed by atoms with Gasteiger partial charge in [-0.05, 0) is 62.7 Å². The van der Waals surface area contributed by atoms with Crippen LogP contribution in [0.4, 0.5) is 4.39 Å². The Morgan fingerprint density at radius 2 is 1.93 bits per heavy atom. The Labute approximate surface area is 241 Å². The Hall–Kier alpha value is -3.64. The quantitative estimate of drug-likeness (QED) is 0.287. The first-order chi connectivity index (χ1) is 20.0. The summed E-state index contributed by atoms with van der Waals surface area (Å²) in [7, 11) is 0. The molecule has 2 aromatic carbocycles. The number of halogens is 2. The lowest BCUT2D eigenvalue weighted by atomic mass is 9.93. The van der Waals surface area contributed by atoms with E-state index in [1.54, 1.807) is 36.7 Å². The highest BCUT2D eigenvalue weighted by atomic mass is 35.5. The van der Waals surface area contributed by atoms with Gasteiger partial charge < -0.3 is 18.9 Å². The van der Waals surface area contributed by atoms with Crippen LogP contribution in [0.15, 0.2) is 48.8 Å². The molecule has 12 heteroatoms. The molecular weight excluding hydrogens is 551 g/mol. The molecule has 2 aliphatic rings. The normalized spacial score (nSPS) is 17.9. The van der Waals surface area contributed by atoms with Gasteiger partial charge in [0.2, 0.25) is 5.88 Å². The first-order valence-electron chi connectivity index (χ1n) is 13.6. The van der Waals surface area contributed by atoms with Crippen LogP contribution in [0.3, 0.4) is 0 Å². The Balaban J connectivity index is 1.14. The summed E-state index contributed by atoms with van der Waals surface area (Å²) in [4.78, 5) is 32.7. The highest BCUT2D eigenvalue weighted by Gasteiger charge is 2.28. The van der Waals surface area contributed by atoms with Crippen molar-refractivity contribution in [1.82, 2.24) is 24.4 Å². The number of rotatable bonds is 9. The molecule has 2 saturated heterocycles. The zero-order valence-electron chi connectivity index (χ0n) is 22.3. The molecule has 2 aliphatic heterocycles.